The molecule has 0 bridgehead atoms. The first kappa shape index (κ1) is 36.1. The third-order valence-electron chi connectivity index (χ3n) is 6.67. The molecule has 14 nitrogen and oxygen atoms in total. The van der Waals surface area contributed by atoms with E-state index in [1.807, 2.05) is 6.08 Å². The lowest BCUT2D eigenvalue weighted by atomic mass is 10.1. The molecule has 15 heteroatoms. The van der Waals surface area contributed by atoms with Crippen molar-refractivity contribution in [2.45, 2.75) is 96.3 Å². The van der Waals surface area contributed by atoms with Crippen molar-refractivity contribution >= 4 is 36.1 Å². The number of rotatable bonds is 20. The Hall–Kier alpha value is -3.06. The summed E-state index contributed by atoms with van der Waals surface area (Å²) in [5.74, 6) is 0. The van der Waals surface area contributed by atoms with Crippen LogP contribution in [-0.4, -0.2) is 71.1 Å². The van der Waals surface area contributed by atoms with Crippen LogP contribution in [0.15, 0.2) is 28.9 Å². The normalized spacial score (nSPS) is 13.7. The number of nitrogens with one attached hydrogen (secondary N) is 2. The minimum Gasteiger partial charge on any atom is -0.444 e. The highest BCUT2D eigenvalue weighted by molar-refractivity contribution is 7.53. The molecule has 0 saturated carbocycles. The zero-order valence-corrected chi connectivity index (χ0v) is 26.6. The van der Waals surface area contributed by atoms with E-state index in [1.165, 1.54) is 20.3 Å². The quantitative estimate of drug-likeness (QED) is 0.0486. The summed E-state index contributed by atoms with van der Waals surface area (Å²) < 4.78 is 32.4. The Morgan fingerprint density at radius 3 is 2.35 bits per heavy atom. The maximum atomic E-state index is 12.5. The first-order valence-electron chi connectivity index (χ1n) is 14.6. The number of nitrogens with zero attached hydrogens (tertiary/aromatic N) is 3. The van der Waals surface area contributed by atoms with Gasteiger partial charge in [0.25, 0.3) is 0 Å². The molecule has 0 unspecified atom stereocenters. The summed E-state index contributed by atoms with van der Waals surface area (Å²) in [6, 6.07) is 2.29. The molecular formula is C28H46N5O9P. The van der Waals surface area contributed by atoms with Crippen molar-refractivity contribution in [1.82, 2.24) is 15.6 Å². The van der Waals surface area contributed by atoms with E-state index in [0.717, 1.165) is 51.4 Å². The van der Waals surface area contributed by atoms with Crippen molar-refractivity contribution in [3.05, 3.63) is 34.4 Å². The molecule has 1 amide bonds. The van der Waals surface area contributed by atoms with Crippen LogP contribution in [0.4, 0.5) is 16.2 Å². The Morgan fingerprint density at radius 2 is 1.72 bits per heavy atom. The Kier molecular flexibility index (Phi) is 15.1. The lowest BCUT2D eigenvalue weighted by Gasteiger charge is -2.26. The van der Waals surface area contributed by atoms with Gasteiger partial charge in [-0.05, 0) is 62.8 Å². The van der Waals surface area contributed by atoms with Crippen LogP contribution >= 0.6 is 7.60 Å². The number of carbonyl (C=O) groups is 1. The zero-order valence-electron chi connectivity index (χ0n) is 25.7. The molecule has 0 fully saturated rings. The first-order chi connectivity index (χ1) is 20.4. The van der Waals surface area contributed by atoms with Gasteiger partial charge in [-0.3, -0.25) is 14.7 Å². The molecule has 0 aliphatic heterocycles. The third-order valence-corrected chi connectivity index (χ3v) is 8.59. The Bertz CT molecular complexity index is 1220. The molecule has 1 heterocycles. The van der Waals surface area contributed by atoms with Gasteiger partial charge in [-0.1, -0.05) is 44.3 Å². The fourth-order valence-electron chi connectivity index (χ4n) is 4.35. The molecule has 2 rings (SSSR count). The number of alkyl carbamates (subject to hydrolysis) is 1. The summed E-state index contributed by atoms with van der Waals surface area (Å²) in [5.41, 5.74) is 0.327. The van der Waals surface area contributed by atoms with Crippen molar-refractivity contribution in [2.75, 3.05) is 32.2 Å². The molecule has 0 aliphatic rings. The molecule has 2 aromatic rings. The Balaban J connectivity index is 1.65. The minimum atomic E-state index is -3.30. The number of nitro benzene ring substituents is 1. The lowest BCUT2D eigenvalue weighted by Crippen LogP contribution is -2.45. The number of anilines is 1. The van der Waals surface area contributed by atoms with Gasteiger partial charge in [-0.15, -0.1) is 0 Å². The van der Waals surface area contributed by atoms with E-state index in [-0.39, 0.29) is 23.8 Å². The Morgan fingerprint density at radius 1 is 1.09 bits per heavy atom. The minimum absolute atomic E-state index is 0.0292. The van der Waals surface area contributed by atoms with E-state index in [0.29, 0.717) is 17.7 Å². The number of hydrogen-bond acceptors (Lipinski definition) is 12. The predicted octanol–water partition coefficient (Wildman–Crippen LogP) is 6.35. The maximum Gasteiger partial charge on any atom is 0.407 e. The second kappa shape index (κ2) is 17.9. The number of aromatic nitrogens is 2. The van der Waals surface area contributed by atoms with Gasteiger partial charge in [0.05, 0.1) is 28.9 Å². The van der Waals surface area contributed by atoms with Crippen molar-refractivity contribution in [2.24, 2.45) is 0 Å². The molecule has 0 aliphatic carbocycles. The summed E-state index contributed by atoms with van der Waals surface area (Å²) in [6.07, 6.45) is 10.2. The molecule has 0 saturated heterocycles. The van der Waals surface area contributed by atoms with Crippen LogP contribution in [0.25, 0.3) is 11.0 Å². The molecule has 1 aromatic heterocycles. The van der Waals surface area contributed by atoms with Gasteiger partial charge in [0, 0.05) is 26.8 Å². The monoisotopic (exact) mass is 627 g/mol. The molecule has 2 atom stereocenters. The van der Waals surface area contributed by atoms with E-state index in [2.05, 4.69) is 25.6 Å². The molecule has 0 radical (unpaired) electrons. The maximum absolute atomic E-state index is 12.5. The summed E-state index contributed by atoms with van der Waals surface area (Å²) in [5, 5.41) is 35.2. The SMILES string of the molecule is COP(=O)(CC[C@@H](NC(=O)OC(C)(C)C)[C@H](O)/C=C/CCCCCCCCCNc1ccc([N+](=O)[O-])c2nonc12)OC. The number of unbranched alkanes of at least 4 members (excludes halogenated alkanes) is 7. The number of hydrogen-bond donors (Lipinski definition) is 3. The van der Waals surface area contributed by atoms with Crippen LogP contribution in [-0.2, 0) is 18.3 Å². The molecule has 3 N–H and O–H groups in total. The van der Waals surface area contributed by atoms with Gasteiger partial charge >= 0.3 is 19.4 Å². The van der Waals surface area contributed by atoms with Crippen LogP contribution < -0.4 is 10.6 Å². The van der Waals surface area contributed by atoms with Crippen molar-refractivity contribution in [1.29, 1.82) is 0 Å². The van der Waals surface area contributed by atoms with E-state index in [1.54, 1.807) is 32.9 Å². The van der Waals surface area contributed by atoms with Gasteiger partial charge in [-0.25, -0.2) is 9.42 Å². The van der Waals surface area contributed by atoms with Crippen LogP contribution in [0, 0.1) is 10.1 Å². The second-order valence-electron chi connectivity index (χ2n) is 11.2. The van der Waals surface area contributed by atoms with Gasteiger partial charge in [0.2, 0.25) is 5.52 Å². The van der Waals surface area contributed by atoms with Gasteiger partial charge < -0.3 is 29.5 Å². The van der Waals surface area contributed by atoms with Crippen molar-refractivity contribution in [3.63, 3.8) is 0 Å². The number of carbonyl (C=O) groups excluding carboxylic acids is 1. The number of aliphatic hydroxyl groups is 1. The predicted molar refractivity (Wildman–Crippen MR) is 163 cm³/mol. The van der Waals surface area contributed by atoms with E-state index >= 15 is 0 Å². The second-order valence-corrected chi connectivity index (χ2v) is 13.6. The number of benzene rings is 1. The number of amides is 1. The summed E-state index contributed by atoms with van der Waals surface area (Å²) in [4.78, 5) is 22.9. The summed E-state index contributed by atoms with van der Waals surface area (Å²) >= 11 is 0. The van der Waals surface area contributed by atoms with E-state index in [4.69, 9.17) is 13.8 Å². The fourth-order valence-corrected chi connectivity index (χ4v) is 5.46. The average Bonchev–Trinajstić information content (AvgIpc) is 3.44. The Labute approximate surface area is 252 Å². The summed E-state index contributed by atoms with van der Waals surface area (Å²) in [6.45, 7) is 5.96. The zero-order chi connectivity index (χ0) is 31.9. The van der Waals surface area contributed by atoms with Gasteiger partial charge in [0.1, 0.15) is 5.60 Å². The third kappa shape index (κ3) is 13.0. The highest BCUT2D eigenvalue weighted by Gasteiger charge is 2.28. The van der Waals surface area contributed by atoms with E-state index in [9.17, 15) is 24.6 Å². The summed E-state index contributed by atoms with van der Waals surface area (Å²) in [7, 11) is -0.703. The first-order valence-corrected chi connectivity index (χ1v) is 16.3. The van der Waals surface area contributed by atoms with Crippen LogP contribution in [0.3, 0.4) is 0 Å². The molecular weight excluding hydrogens is 581 g/mol. The molecule has 242 valence electrons. The highest BCUT2D eigenvalue weighted by atomic mass is 31.2. The lowest BCUT2D eigenvalue weighted by molar-refractivity contribution is -0.383. The fraction of sp³-hybridized carbons (Fsp3) is 0.679. The highest BCUT2D eigenvalue weighted by Crippen LogP contribution is 2.47. The molecule has 0 spiro atoms. The van der Waals surface area contributed by atoms with Crippen molar-refractivity contribution in [3.8, 4) is 0 Å². The number of fused-ring (bicyclic) bond motifs is 1. The topological polar surface area (TPSA) is 188 Å². The average molecular weight is 628 g/mol. The van der Waals surface area contributed by atoms with Gasteiger partial charge in [0.15, 0.2) is 5.52 Å². The standard InChI is InChI=1S/C28H46N5O9P/c1-28(2,3)41-27(35)30-21(18-20-43(38,39-4)40-5)24(34)15-13-11-9-7-6-8-10-12-14-19-29-22-16-17-23(33(36)37)26-25(22)31-42-32-26/h13,15-17,21,24,29,34H,6-12,14,18-20H2,1-5H3,(H,30,35)/b15-13+/t21-,24-/m1/s1. The molecule has 43 heavy (non-hydrogen) atoms. The van der Waals surface area contributed by atoms with Crippen LogP contribution in [0.1, 0.15) is 78.6 Å². The number of nitro groups is 1. The van der Waals surface area contributed by atoms with Crippen LogP contribution in [0.2, 0.25) is 0 Å². The number of allylic oxidation sites excluding steroid dienone is 1. The van der Waals surface area contributed by atoms with Crippen LogP contribution in [0.5, 0.6) is 0 Å². The number of aliphatic hydroxyl groups excluding tert-OH is 1. The molecule has 1 aromatic carbocycles. The van der Waals surface area contributed by atoms with Gasteiger partial charge in [-0.2, -0.15) is 0 Å². The largest absolute Gasteiger partial charge is 0.444 e. The number of ether oxygens (including phenoxy) is 1. The van der Waals surface area contributed by atoms with E-state index < -0.39 is 36.4 Å². The smallest absolute Gasteiger partial charge is 0.407 e. The number of non-ortho nitro benzene ring substituents is 1. The van der Waals surface area contributed by atoms with Crippen molar-refractivity contribution < 1.29 is 37.8 Å².